The highest BCUT2D eigenvalue weighted by Crippen LogP contribution is 2.57. The van der Waals surface area contributed by atoms with Crippen molar-refractivity contribution in [1.82, 2.24) is 9.55 Å². The minimum absolute atomic E-state index is 0.230. The van der Waals surface area contributed by atoms with E-state index in [0.717, 1.165) is 0 Å². The van der Waals surface area contributed by atoms with Crippen LogP contribution in [0.4, 0.5) is 0 Å². The molecule has 4 unspecified atom stereocenters. The van der Waals surface area contributed by atoms with Crippen LogP contribution >= 0.6 is 7.82 Å². The molecular weight excluding hydrogens is 632 g/mol. The van der Waals surface area contributed by atoms with Gasteiger partial charge in [0, 0.05) is 12.3 Å². The van der Waals surface area contributed by atoms with E-state index in [-0.39, 0.29) is 12.5 Å². The van der Waals surface area contributed by atoms with Gasteiger partial charge in [0.1, 0.15) is 18.3 Å². The molecule has 1 fully saturated rings. The third kappa shape index (κ3) is 13.1. The maximum Gasteiger partial charge on any atom is 0.455 e. The van der Waals surface area contributed by atoms with E-state index in [9.17, 15) is 9.36 Å². The summed E-state index contributed by atoms with van der Waals surface area (Å²) in [7, 11) is -15.1. The average molecular weight is 685 g/mol. The lowest BCUT2D eigenvalue weighted by molar-refractivity contribution is -0.0511. The quantitative estimate of drug-likeness (QED) is 0.156. The molecule has 0 aromatic carbocycles. The normalized spacial score (nSPS) is 23.2. The van der Waals surface area contributed by atoms with Crippen molar-refractivity contribution < 1.29 is 35.5 Å². The molecule has 2 rings (SSSR count). The second kappa shape index (κ2) is 13.0. The highest BCUT2D eigenvalue weighted by atomic mass is 31.2. The van der Waals surface area contributed by atoms with Crippen LogP contribution in [0.3, 0.4) is 0 Å². The van der Waals surface area contributed by atoms with E-state index in [1.165, 1.54) is 4.57 Å². The van der Waals surface area contributed by atoms with E-state index in [2.05, 4.69) is 44.3 Å². The number of rotatable bonds is 14. The molecular formula is C24H53N2O9PSi5. The zero-order chi connectivity index (χ0) is 31.8. The molecule has 1 saturated heterocycles. The minimum Gasteiger partial charge on any atom is -0.531 e. The van der Waals surface area contributed by atoms with Crippen LogP contribution in [0.1, 0.15) is 6.23 Å². The molecule has 1 aliphatic heterocycles. The molecule has 0 saturated carbocycles. The third-order valence-electron chi connectivity index (χ3n) is 4.97. The predicted molar refractivity (Wildman–Crippen MR) is 175 cm³/mol. The molecule has 4 atom stereocenters. The second-order valence-corrected chi connectivity index (χ2v) is 39.7. The van der Waals surface area contributed by atoms with Crippen molar-refractivity contribution in [3.63, 3.8) is 0 Å². The fraction of sp³-hybridized carbons (Fsp3) is 0.833. The van der Waals surface area contributed by atoms with E-state index in [4.69, 9.17) is 31.0 Å². The highest BCUT2D eigenvalue weighted by Gasteiger charge is 2.54. The fourth-order valence-corrected chi connectivity index (χ4v) is 13.1. The Labute approximate surface area is 251 Å². The van der Waals surface area contributed by atoms with Gasteiger partial charge in [0.05, 0.1) is 6.61 Å². The van der Waals surface area contributed by atoms with E-state index >= 15 is 0 Å². The van der Waals surface area contributed by atoms with Crippen molar-refractivity contribution in [2.24, 2.45) is 0 Å². The van der Waals surface area contributed by atoms with Gasteiger partial charge in [-0.2, -0.15) is 4.98 Å². The van der Waals surface area contributed by atoms with E-state index in [0.29, 0.717) is 0 Å². The molecule has 1 aromatic rings. The Morgan fingerprint density at radius 1 is 0.805 bits per heavy atom. The summed E-state index contributed by atoms with van der Waals surface area (Å²) in [4.78, 5) is 17.5. The first-order valence-electron chi connectivity index (χ1n) is 14.1. The SMILES string of the molecule is C[Si](C)(C)OCC1OC(n2ccc(O[Si](C)(C)C)nc2=O)C(OP(=O)(O[Si](C)(C)C)O[Si](C)(C)C)C1O[Si](C)(C)C. The second-order valence-electron chi connectivity index (χ2n) is 15.3. The van der Waals surface area contributed by atoms with Crippen LogP contribution in [0.5, 0.6) is 5.88 Å². The van der Waals surface area contributed by atoms with Gasteiger partial charge >= 0.3 is 13.5 Å². The number of nitrogens with zero attached hydrogens (tertiary/aromatic N) is 2. The van der Waals surface area contributed by atoms with Gasteiger partial charge in [0.2, 0.25) is 14.2 Å². The van der Waals surface area contributed by atoms with Crippen LogP contribution in [0.15, 0.2) is 17.1 Å². The van der Waals surface area contributed by atoms with Crippen molar-refractivity contribution in [2.45, 2.75) is 123 Å². The standard InChI is InChI=1S/C24H53N2O9PSi5/c1-37(2,3)29-18-19-21(33-39(7,8)9)22(31-36(28,34-40(10,11)12)35-41(13,14)15)23(30-19)26-17-16-20(25-24(26)27)32-38(4,5)6/h16-17,19,21-23H,18H2,1-15H3. The number of hydrogen-bond acceptors (Lipinski definition) is 10. The summed E-state index contributed by atoms with van der Waals surface area (Å²) in [5.74, 6) is 0.254. The zero-order valence-electron chi connectivity index (χ0n) is 27.7. The Hall–Kier alpha value is -0.246. The van der Waals surface area contributed by atoms with E-state index in [1.807, 2.05) is 58.9 Å². The Bertz CT molecular complexity index is 1120. The molecule has 17 heteroatoms. The maximum absolute atomic E-state index is 14.4. The highest BCUT2D eigenvalue weighted by molar-refractivity contribution is 7.52. The molecule has 0 radical (unpaired) electrons. The van der Waals surface area contributed by atoms with Gasteiger partial charge in [-0.1, -0.05) is 0 Å². The maximum atomic E-state index is 14.4. The summed E-state index contributed by atoms with van der Waals surface area (Å²) in [5.41, 5.74) is -0.579. The third-order valence-corrected chi connectivity index (χ3v) is 14.5. The Morgan fingerprint density at radius 2 is 1.34 bits per heavy atom. The molecule has 1 aliphatic rings. The van der Waals surface area contributed by atoms with Crippen LogP contribution in [0, 0.1) is 0 Å². The summed E-state index contributed by atoms with van der Waals surface area (Å²) in [6.07, 6.45) is -1.74. The topological polar surface area (TPSA) is 117 Å². The zero-order valence-corrected chi connectivity index (χ0v) is 33.6. The van der Waals surface area contributed by atoms with Gasteiger partial charge in [-0.25, -0.2) is 9.36 Å². The van der Waals surface area contributed by atoms with Gasteiger partial charge in [-0.3, -0.25) is 9.09 Å². The van der Waals surface area contributed by atoms with Crippen LogP contribution in [-0.2, 0) is 31.1 Å². The Morgan fingerprint density at radius 3 is 1.76 bits per heavy atom. The lowest BCUT2D eigenvalue weighted by Gasteiger charge is -2.35. The molecule has 0 bridgehead atoms. The van der Waals surface area contributed by atoms with Crippen molar-refractivity contribution in [2.75, 3.05) is 6.61 Å². The molecule has 41 heavy (non-hydrogen) atoms. The average Bonchev–Trinajstić information content (AvgIpc) is 2.96. The minimum atomic E-state index is -4.11. The van der Waals surface area contributed by atoms with Crippen molar-refractivity contribution in [3.8, 4) is 5.88 Å². The lowest BCUT2D eigenvalue weighted by Crippen LogP contribution is -2.46. The van der Waals surface area contributed by atoms with Gasteiger partial charge in [0.15, 0.2) is 39.5 Å². The van der Waals surface area contributed by atoms with Gasteiger partial charge in [-0.15, -0.1) is 0 Å². The van der Waals surface area contributed by atoms with Crippen LogP contribution in [0.2, 0.25) is 98.2 Å². The van der Waals surface area contributed by atoms with E-state index in [1.54, 1.807) is 12.3 Å². The molecule has 0 aliphatic carbocycles. The predicted octanol–water partition coefficient (Wildman–Crippen LogP) is 6.62. The molecule has 0 amide bonds. The van der Waals surface area contributed by atoms with Crippen molar-refractivity contribution in [3.05, 3.63) is 22.7 Å². The number of ether oxygens (including phenoxy) is 1. The van der Waals surface area contributed by atoms with Gasteiger partial charge in [-0.05, 0) is 98.2 Å². The number of aromatic nitrogens is 2. The largest absolute Gasteiger partial charge is 0.531 e. The first kappa shape index (κ1) is 36.9. The summed E-state index contributed by atoms with van der Waals surface area (Å²) in [6.45, 7) is 30.2. The molecule has 11 nitrogen and oxygen atoms in total. The first-order valence-corrected chi connectivity index (χ1v) is 32.6. The van der Waals surface area contributed by atoms with Gasteiger partial charge in [0.25, 0.3) is 0 Å². The van der Waals surface area contributed by atoms with Gasteiger partial charge < -0.3 is 26.4 Å². The van der Waals surface area contributed by atoms with E-state index < -0.39 is 79.6 Å². The molecule has 2 heterocycles. The van der Waals surface area contributed by atoms with Crippen LogP contribution in [0.25, 0.3) is 0 Å². The Balaban J connectivity index is 2.67. The first-order chi connectivity index (χ1) is 18.2. The summed E-state index contributed by atoms with van der Waals surface area (Å²) in [6, 6.07) is 1.64. The summed E-state index contributed by atoms with van der Waals surface area (Å²) >= 11 is 0. The number of phosphoric acid groups is 1. The summed E-state index contributed by atoms with van der Waals surface area (Å²) < 4.78 is 59.7. The number of hydrogen-bond donors (Lipinski definition) is 0. The Kier molecular flexibility index (Phi) is 11.7. The molecule has 238 valence electrons. The van der Waals surface area contributed by atoms with Crippen LogP contribution < -0.4 is 10.1 Å². The monoisotopic (exact) mass is 684 g/mol. The van der Waals surface area contributed by atoms with Crippen molar-refractivity contribution >= 4 is 49.4 Å². The molecule has 1 aromatic heterocycles. The summed E-state index contributed by atoms with van der Waals surface area (Å²) in [5, 5.41) is 0. The van der Waals surface area contributed by atoms with Crippen LogP contribution in [-0.4, -0.2) is 76.1 Å². The fourth-order valence-electron chi connectivity index (χ4n) is 3.90. The lowest BCUT2D eigenvalue weighted by atomic mass is 10.1. The molecule has 0 N–H and O–H groups in total. The smallest absolute Gasteiger partial charge is 0.455 e. The van der Waals surface area contributed by atoms with Crippen molar-refractivity contribution in [1.29, 1.82) is 0 Å². The molecule has 0 spiro atoms.